The Morgan fingerprint density at radius 2 is 2.00 bits per heavy atom. The van der Waals surface area contributed by atoms with E-state index < -0.39 is 5.97 Å². The topological polar surface area (TPSA) is 55.8 Å². The van der Waals surface area contributed by atoms with Gasteiger partial charge in [-0.25, -0.2) is 0 Å². The van der Waals surface area contributed by atoms with Gasteiger partial charge in [0.05, 0.1) is 13.0 Å². The largest absolute Gasteiger partial charge is 0.492 e. The molecule has 2 aliphatic rings. The molecule has 5 heteroatoms. The standard InChI is InChI=1S/C26H23ClO4/c1-15-4-2-7-22(27)26(15)21-6-3-5-20-19(21)10-11-23(20)31-17-8-9-18-16(12-25(28)29)14-30-24(18)13-17/h2-9,13,16,23H,10-12,14H2,1H3,(H,28,29)/t16-,23-/m1/s1. The van der Waals surface area contributed by atoms with Crippen molar-refractivity contribution in [1.29, 1.82) is 0 Å². The van der Waals surface area contributed by atoms with Crippen molar-refractivity contribution in [1.82, 2.24) is 0 Å². The number of aryl methyl sites for hydroxylation is 1. The highest BCUT2D eigenvalue weighted by Gasteiger charge is 2.30. The van der Waals surface area contributed by atoms with E-state index in [1.54, 1.807) is 0 Å². The molecule has 0 saturated carbocycles. The predicted octanol–water partition coefficient (Wildman–Crippen LogP) is 6.33. The fourth-order valence-corrected chi connectivity index (χ4v) is 5.14. The van der Waals surface area contributed by atoms with Crippen LogP contribution in [-0.4, -0.2) is 17.7 Å². The van der Waals surface area contributed by atoms with Crippen molar-refractivity contribution < 1.29 is 19.4 Å². The van der Waals surface area contributed by atoms with Gasteiger partial charge >= 0.3 is 5.97 Å². The molecule has 0 amide bonds. The minimum Gasteiger partial charge on any atom is -0.492 e. The number of carbonyl (C=O) groups is 1. The molecule has 0 saturated heterocycles. The number of carboxylic acid groups (broad SMARTS) is 1. The molecule has 1 aliphatic heterocycles. The fraction of sp³-hybridized carbons (Fsp3) is 0.269. The van der Waals surface area contributed by atoms with E-state index in [9.17, 15) is 4.79 Å². The quantitative estimate of drug-likeness (QED) is 0.509. The van der Waals surface area contributed by atoms with Gasteiger partial charge < -0.3 is 14.6 Å². The van der Waals surface area contributed by atoms with E-state index in [2.05, 4.69) is 31.2 Å². The van der Waals surface area contributed by atoms with Crippen molar-refractivity contribution in [2.45, 2.75) is 38.2 Å². The number of hydrogen-bond donors (Lipinski definition) is 1. The molecule has 158 valence electrons. The van der Waals surface area contributed by atoms with Gasteiger partial charge in [-0.1, -0.05) is 48.0 Å². The highest BCUT2D eigenvalue weighted by molar-refractivity contribution is 6.33. The second-order valence-electron chi connectivity index (χ2n) is 8.26. The lowest BCUT2D eigenvalue weighted by molar-refractivity contribution is -0.137. The maximum atomic E-state index is 11.1. The van der Waals surface area contributed by atoms with Gasteiger partial charge in [0.1, 0.15) is 17.6 Å². The molecule has 1 heterocycles. The van der Waals surface area contributed by atoms with Crippen molar-refractivity contribution in [2.75, 3.05) is 6.61 Å². The zero-order valence-corrected chi connectivity index (χ0v) is 18.0. The molecule has 3 aromatic rings. The molecule has 4 nitrogen and oxygen atoms in total. The van der Waals surface area contributed by atoms with Crippen LogP contribution >= 0.6 is 11.6 Å². The molecule has 0 aromatic heterocycles. The van der Waals surface area contributed by atoms with Crippen LogP contribution in [-0.2, 0) is 11.2 Å². The first-order chi connectivity index (χ1) is 15.0. The van der Waals surface area contributed by atoms with Crippen molar-refractivity contribution in [2.24, 2.45) is 0 Å². The van der Waals surface area contributed by atoms with Gasteiger partial charge in [0, 0.05) is 28.1 Å². The Morgan fingerprint density at radius 1 is 1.16 bits per heavy atom. The second-order valence-corrected chi connectivity index (χ2v) is 8.66. The lowest BCUT2D eigenvalue weighted by Crippen LogP contribution is -2.07. The molecule has 2 atom stereocenters. The summed E-state index contributed by atoms with van der Waals surface area (Å²) in [5.41, 5.74) is 6.87. The summed E-state index contributed by atoms with van der Waals surface area (Å²) in [6.07, 6.45) is 1.87. The first-order valence-electron chi connectivity index (χ1n) is 10.5. The molecular formula is C26H23ClO4. The number of aliphatic carboxylic acids is 1. The SMILES string of the molecule is Cc1cccc(Cl)c1-c1cccc2c1CC[C@H]2Oc1ccc2c(c1)OC[C@H]2CC(=O)O. The maximum Gasteiger partial charge on any atom is 0.304 e. The normalized spacial score (nSPS) is 18.9. The van der Waals surface area contributed by atoms with Crippen LogP contribution in [0.2, 0.25) is 5.02 Å². The van der Waals surface area contributed by atoms with Crippen LogP contribution in [0.25, 0.3) is 11.1 Å². The number of carboxylic acids is 1. The third kappa shape index (κ3) is 3.66. The zero-order chi connectivity index (χ0) is 21.5. The number of hydrogen-bond acceptors (Lipinski definition) is 3. The molecule has 0 bridgehead atoms. The highest BCUT2D eigenvalue weighted by Crippen LogP contribution is 2.44. The van der Waals surface area contributed by atoms with Crippen LogP contribution in [0, 0.1) is 6.92 Å². The van der Waals surface area contributed by atoms with Gasteiger partial charge in [-0.3, -0.25) is 4.79 Å². The molecule has 3 aromatic carbocycles. The Morgan fingerprint density at radius 3 is 2.81 bits per heavy atom. The van der Waals surface area contributed by atoms with Crippen LogP contribution in [0.5, 0.6) is 11.5 Å². The molecule has 31 heavy (non-hydrogen) atoms. The van der Waals surface area contributed by atoms with Gasteiger partial charge in [0.25, 0.3) is 0 Å². The summed E-state index contributed by atoms with van der Waals surface area (Å²) in [4.78, 5) is 11.1. The highest BCUT2D eigenvalue weighted by atomic mass is 35.5. The van der Waals surface area contributed by atoms with E-state index in [1.165, 1.54) is 16.7 Å². The first kappa shape index (κ1) is 20.0. The predicted molar refractivity (Wildman–Crippen MR) is 120 cm³/mol. The summed E-state index contributed by atoms with van der Waals surface area (Å²) in [5, 5.41) is 9.86. The molecule has 0 spiro atoms. The Bertz CT molecular complexity index is 1150. The van der Waals surface area contributed by atoms with Gasteiger partial charge in [-0.15, -0.1) is 0 Å². The van der Waals surface area contributed by atoms with Gasteiger partial charge in [-0.2, -0.15) is 0 Å². The number of halogens is 1. The average Bonchev–Trinajstić information content (AvgIpc) is 3.32. The third-order valence-electron chi connectivity index (χ3n) is 6.27. The fourth-order valence-electron chi connectivity index (χ4n) is 4.82. The third-order valence-corrected chi connectivity index (χ3v) is 6.59. The Balaban J connectivity index is 1.42. The lowest BCUT2D eigenvalue weighted by atomic mass is 9.94. The van der Waals surface area contributed by atoms with Crippen molar-refractivity contribution in [3.05, 3.63) is 81.9 Å². The molecular weight excluding hydrogens is 412 g/mol. The molecule has 5 rings (SSSR count). The Hall–Kier alpha value is -2.98. The van der Waals surface area contributed by atoms with E-state index in [0.717, 1.165) is 46.1 Å². The van der Waals surface area contributed by atoms with E-state index in [0.29, 0.717) is 6.61 Å². The monoisotopic (exact) mass is 434 g/mol. The van der Waals surface area contributed by atoms with Gasteiger partial charge in [0.15, 0.2) is 0 Å². The zero-order valence-electron chi connectivity index (χ0n) is 17.2. The summed E-state index contributed by atoms with van der Waals surface area (Å²) in [5.74, 6) is 0.554. The summed E-state index contributed by atoms with van der Waals surface area (Å²) >= 11 is 6.55. The Kier molecular flexibility index (Phi) is 5.11. The van der Waals surface area contributed by atoms with E-state index in [-0.39, 0.29) is 18.4 Å². The lowest BCUT2D eigenvalue weighted by Gasteiger charge is -2.17. The summed E-state index contributed by atoms with van der Waals surface area (Å²) in [7, 11) is 0. The van der Waals surface area contributed by atoms with Crippen LogP contribution in [0.1, 0.15) is 47.1 Å². The van der Waals surface area contributed by atoms with E-state index >= 15 is 0 Å². The van der Waals surface area contributed by atoms with E-state index in [1.807, 2.05) is 30.3 Å². The molecule has 0 fully saturated rings. The number of ether oxygens (including phenoxy) is 2. The molecule has 0 unspecified atom stereocenters. The van der Waals surface area contributed by atoms with Crippen LogP contribution < -0.4 is 9.47 Å². The summed E-state index contributed by atoms with van der Waals surface area (Å²) in [6.45, 7) is 2.49. The molecule has 0 radical (unpaired) electrons. The number of rotatable bonds is 5. The van der Waals surface area contributed by atoms with Crippen molar-refractivity contribution in [3.8, 4) is 22.6 Å². The number of fused-ring (bicyclic) bond motifs is 2. The van der Waals surface area contributed by atoms with Gasteiger partial charge in [-0.05, 0) is 54.2 Å². The molecule has 1 aliphatic carbocycles. The van der Waals surface area contributed by atoms with Gasteiger partial charge in [0.2, 0.25) is 0 Å². The summed E-state index contributed by atoms with van der Waals surface area (Å²) < 4.78 is 12.1. The first-order valence-corrected chi connectivity index (χ1v) is 10.9. The summed E-state index contributed by atoms with van der Waals surface area (Å²) in [6, 6.07) is 18.1. The second kappa shape index (κ2) is 7.93. The minimum absolute atomic E-state index is 0.0352. The van der Waals surface area contributed by atoms with Crippen LogP contribution in [0.3, 0.4) is 0 Å². The van der Waals surface area contributed by atoms with Crippen molar-refractivity contribution in [3.63, 3.8) is 0 Å². The van der Waals surface area contributed by atoms with Crippen LogP contribution in [0.4, 0.5) is 0 Å². The van der Waals surface area contributed by atoms with E-state index in [4.69, 9.17) is 26.2 Å². The minimum atomic E-state index is -0.811. The smallest absolute Gasteiger partial charge is 0.304 e. The molecule has 1 N–H and O–H groups in total. The van der Waals surface area contributed by atoms with Crippen LogP contribution in [0.15, 0.2) is 54.6 Å². The average molecular weight is 435 g/mol. The maximum absolute atomic E-state index is 11.1. The number of benzene rings is 3. The Labute approximate surface area is 186 Å². The van der Waals surface area contributed by atoms with Crippen molar-refractivity contribution >= 4 is 17.6 Å².